The van der Waals surface area contributed by atoms with Crippen LogP contribution in [0.1, 0.15) is 11.8 Å². The summed E-state index contributed by atoms with van der Waals surface area (Å²) in [5, 5.41) is 9.43. The second kappa shape index (κ2) is 6.45. The summed E-state index contributed by atoms with van der Waals surface area (Å²) in [5.74, 6) is -0.370. The SMILES string of the molecule is O=C(Oc1ccccc1O)c1ccccc1.[H-].[Na+]. The van der Waals surface area contributed by atoms with E-state index < -0.39 is 5.97 Å². The van der Waals surface area contributed by atoms with Crippen molar-refractivity contribution < 1.29 is 45.6 Å². The fraction of sp³-hybridized carbons (Fsp3) is 0. The first-order valence-electron chi connectivity index (χ1n) is 4.82. The summed E-state index contributed by atoms with van der Waals surface area (Å²) >= 11 is 0. The standard InChI is InChI=1S/C13H10O3.Na.H/c14-11-8-4-5-9-12(11)16-13(15)10-6-2-1-3-7-10;;/h1-9,14H;;/q;+1;-1. The van der Waals surface area contributed by atoms with Gasteiger partial charge in [0.2, 0.25) is 0 Å². The Morgan fingerprint density at radius 3 is 2.24 bits per heavy atom. The number of phenols is 1. The molecule has 4 heteroatoms. The average Bonchev–Trinajstić information content (AvgIpc) is 2.33. The topological polar surface area (TPSA) is 46.5 Å². The molecule has 0 spiro atoms. The molecule has 17 heavy (non-hydrogen) atoms. The van der Waals surface area contributed by atoms with Gasteiger partial charge in [-0.25, -0.2) is 4.79 Å². The van der Waals surface area contributed by atoms with Crippen LogP contribution in [0.2, 0.25) is 0 Å². The maximum absolute atomic E-state index is 11.6. The Kier molecular flexibility index (Phi) is 5.22. The molecular formula is C13H11NaO3. The van der Waals surface area contributed by atoms with Gasteiger partial charge in [-0.15, -0.1) is 0 Å². The van der Waals surface area contributed by atoms with Crippen LogP contribution in [0.5, 0.6) is 11.5 Å². The molecule has 2 rings (SSSR count). The molecule has 0 heterocycles. The zero-order valence-corrected chi connectivity index (χ0v) is 11.5. The van der Waals surface area contributed by atoms with E-state index in [1.54, 1.807) is 36.4 Å². The van der Waals surface area contributed by atoms with Crippen molar-refractivity contribution in [3.8, 4) is 11.5 Å². The van der Waals surface area contributed by atoms with Gasteiger partial charge in [0, 0.05) is 0 Å². The molecule has 0 amide bonds. The van der Waals surface area contributed by atoms with Crippen molar-refractivity contribution in [3.63, 3.8) is 0 Å². The van der Waals surface area contributed by atoms with Gasteiger partial charge in [0.25, 0.3) is 0 Å². The van der Waals surface area contributed by atoms with Crippen LogP contribution in [0, 0.1) is 0 Å². The van der Waals surface area contributed by atoms with Crippen LogP contribution in [0.25, 0.3) is 0 Å². The second-order valence-corrected chi connectivity index (χ2v) is 3.22. The second-order valence-electron chi connectivity index (χ2n) is 3.22. The third-order valence-electron chi connectivity index (χ3n) is 2.08. The third kappa shape index (κ3) is 3.60. The normalized spacial score (nSPS) is 9.18. The number of ether oxygens (including phenoxy) is 1. The molecule has 0 radical (unpaired) electrons. The molecule has 0 saturated carbocycles. The van der Waals surface area contributed by atoms with Crippen molar-refractivity contribution in [1.29, 1.82) is 0 Å². The Balaban J connectivity index is 0.00000144. The summed E-state index contributed by atoms with van der Waals surface area (Å²) in [6.45, 7) is 0. The van der Waals surface area contributed by atoms with Gasteiger partial charge >= 0.3 is 35.5 Å². The van der Waals surface area contributed by atoms with Gasteiger partial charge in [-0.1, -0.05) is 30.3 Å². The van der Waals surface area contributed by atoms with Crippen LogP contribution in [-0.4, -0.2) is 11.1 Å². The number of esters is 1. The van der Waals surface area contributed by atoms with Gasteiger partial charge < -0.3 is 11.3 Å². The molecule has 1 N–H and O–H groups in total. The maximum atomic E-state index is 11.6. The minimum absolute atomic E-state index is 0. The first-order chi connectivity index (χ1) is 7.77. The summed E-state index contributed by atoms with van der Waals surface area (Å²) < 4.78 is 5.04. The van der Waals surface area contributed by atoms with E-state index in [9.17, 15) is 9.90 Å². The quantitative estimate of drug-likeness (QED) is 0.445. The smallest absolute Gasteiger partial charge is 1.00 e. The Bertz CT molecular complexity index is 503. The van der Waals surface area contributed by atoms with Crippen LogP contribution in [0.3, 0.4) is 0 Å². The van der Waals surface area contributed by atoms with E-state index in [4.69, 9.17) is 4.74 Å². The van der Waals surface area contributed by atoms with E-state index in [1.165, 1.54) is 12.1 Å². The molecule has 0 unspecified atom stereocenters. The molecular weight excluding hydrogens is 227 g/mol. The molecule has 0 aromatic heterocycles. The fourth-order valence-electron chi connectivity index (χ4n) is 1.28. The van der Waals surface area contributed by atoms with Crippen molar-refractivity contribution in [2.45, 2.75) is 0 Å². The number of hydrogen-bond donors (Lipinski definition) is 1. The summed E-state index contributed by atoms with van der Waals surface area (Å²) in [6.07, 6.45) is 0. The summed E-state index contributed by atoms with van der Waals surface area (Å²) in [5.41, 5.74) is 0.450. The fourth-order valence-corrected chi connectivity index (χ4v) is 1.28. The summed E-state index contributed by atoms with van der Waals surface area (Å²) in [7, 11) is 0. The van der Waals surface area contributed by atoms with E-state index >= 15 is 0 Å². The molecule has 0 atom stereocenters. The first-order valence-corrected chi connectivity index (χ1v) is 4.82. The molecule has 2 aromatic carbocycles. The molecule has 2 aromatic rings. The molecule has 0 bridgehead atoms. The molecule has 3 nitrogen and oxygen atoms in total. The van der Waals surface area contributed by atoms with Gasteiger partial charge in [-0.2, -0.15) is 0 Å². The van der Waals surface area contributed by atoms with Gasteiger partial charge in [0.1, 0.15) is 0 Å². The van der Waals surface area contributed by atoms with Crippen LogP contribution >= 0.6 is 0 Å². The monoisotopic (exact) mass is 238 g/mol. The first kappa shape index (κ1) is 13.8. The zero-order valence-electron chi connectivity index (χ0n) is 10.5. The number of hydrogen-bond acceptors (Lipinski definition) is 3. The van der Waals surface area contributed by atoms with E-state index in [1.807, 2.05) is 6.07 Å². The van der Waals surface area contributed by atoms with Crippen LogP contribution in [-0.2, 0) is 0 Å². The zero-order chi connectivity index (χ0) is 11.4. The van der Waals surface area contributed by atoms with Crippen molar-refractivity contribution in [2.75, 3.05) is 0 Å². The van der Waals surface area contributed by atoms with Crippen molar-refractivity contribution in [1.82, 2.24) is 0 Å². The number of rotatable bonds is 2. The van der Waals surface area contributed by atoms with Gasteiger partial charge in [-0.05, 0) is 24.3 Å². The van der Waals surface area contributed by atoms with E-state index in [2.05, 4.69) is 0 Å². The Morgan fingerprint density at radius 2 is 1.59 bits per heavy atom. The third-order valence-corrected chi connectivity index (χ3v) is 2.08. The average molecular weight is 238 g/mol. The number of carbonyl (C=O) groups excluding carboxylic acids is 1. The largest absolute Gasteiger partial charge is 1.00 e. The number of carbonyl (C=O) groups is 1. The molecule has 0 aliphatic carbocycles. The van der Waals surface area contributed by atoms with Crippen LogP contribution in [0.15, 0.2) is 54.6 Å². The van der Waals surface area contributed by atoms with Crippen molar-refractivity contribution >= 4 is 5.97 Å². The summed E-state index contributed by atoms with van der Waals surface area (Å²) in [6, 6.07) is 15.0. The molecule has 0 fully saturated rings. The number of para-hydroxylation sites is 2. The molecule has 0 saturated heterocycles. The van der Waals surface area contributed by atoms with Crippen LogP contribution in [0.4, 0.5) is 0 Å². The molecule has 82 valence electrons. The Hall–Kier alpha value is -1.29. The van der Waals surface area contributed by atoms with E-state index in [0.29, 0.717) is 5.56 Å². The summed E-state index contributed by atoms with van der Waals surface area (Å²) in [4.78, 5) is 11.6. The minimum atomic E-state index is -0.484. The maximum Gasteiger partial charge on any atom is 1.00 e. The Labute approximate surface area is 123 Å². The number of aromatic hydroxyl groups is 1. The molecule has 0 aliphatic rings. The minimum Gasteiger partial charge on any atom is -1.00 e. The number of phenolic OH excluding ortho intramolecular Hbond substituents is 1. The predicted molar refractivity (Wildman–Crippen MR) is 60.6 cm³/mol. The number of benzene rings is 2. The van der Waals surface area contributed by atoms with Crippen molar-refractivity contribution in [2.24, 2.45) is 0 Å². The Morgan fingerprint density at radius 1 is 1.00 bits per heavy atom. The van der Waals surface area contributed by atoms with E-state index in [-0.39, 0.29) is 42.5 Å². The van der Waals surface area contributed by atoms with Gasteiger partial charge in [0.15, 0.2) is 11.5 Å². The van der Waals surface area contributed by atoms with Gasteiger partial charge in [-0.3, -0.25) is 0 Å². The van der Waals surface area contributed by atoms with Crippen molar-refractivity contribution in [3.05, 3.63) is 60.2 Å². The molecule has 0 aliphatic heterocycles. The van der Waals surface area contributed by atoms with Crippen LogP contribution < -0.4 is 34.3 Å². The van der Waals surface area contributed by atoms with E-state index in [0.717, 1.165) is 0 Å². The van der Waals surface area contributed by atoms with Gasteiger partial charge in [0.05, 0.1) is 5.56 Å². The predicted octanol–water partition coefficient (Wildman–Crippen LogP) is -0.272.